The van der Waals surface area contributed by atoms with Crippen molar-refractivity contribution in [2.24, 2.45) is 5.92 Å². The first-order valence-corrected chi connectivity index (χ1v) is 10.8. The van der Waals surface area contributed by atoms with Gasteiger partial charge < -0.3 is 19.3 Å². The van der Waals surface area contributed by atoms with Crippen molar-refractivity contribution in [3.8, 4) is 11.1 Å². The monoisotopic (exact) mass is 432 g/mol. The lowest BCUT2D eigenvalue weighted by Gasteiger charge is -2.42. The molecule has 3 aromatic rings. The number of hydrogen-bond acceptors (Lipinski definition) is 4. The summed E-state index contributed by atoms with van der Waals surface area (Å²) in [7, 11) is 0. The fourth-order valence-corrected chi connectivity index (χ4v) is 5.04. The summed E-state index contributed by atoms with van der Waals surface area (Å²) in [4.78, 5) is 38.2. The quantitative estimate of drug-likeness (QED) is 0.670. The molecule has 0 spiro atoms. The first-order valence-electron chi connectivity index (χ1n) is 10.8. The molecule has 0 unspecified atom stereocenters. The lowest BCUT2D eigenvalue weighted by molar-refractivity contribution is -0.146. The van der Waals surface area contributed by atoms with Gasteiger partial charge in [0.05, 0.1) is 0 Å². The molecule has 2 aliphatic rings. The van der Waals surface area contributed by atoms with Crippen molar-refractivity contribution in [1.29, 1.82) is 0 Å². The van der Waals surface area contributed by atoms with E-state index in [0.29, 0.717) is 25.2 Å². The molecular formula is C25H24N2O5. The topological polar surface area (TPSA) is 88.8 Å². The minimum Gasteiger partial charge on any atom is -0.480 e. The molecule has 32 heavy (non-hydrogen) atoms. The third-order valence-corrected chi connectivity index (χ3v) is 6.47. The number of pyridine rings is 1. The van der Waals surface area contributed by atoms with Crippen LogP contribution in [0.4, 0.5) is 0 Å². The zero-order valence-corrected chi connectivity index (χ0v) is 17.6. The van der Waals surface area contributed by atoms with Gasteiger partial charge in [0.2, 0.25) is 5.91 Å². The number of carbonyl (C=O) groups excluding carboxylic acids is 1. The van der Waals surface area contributed by atoms with E-state index < -0.39 is 12.6 Å². The number of benzene rings is 2. The Morgan fingerprint density at radius 1 is 0.969 bits per heavy atom. The van der Waals surface area contributed by atoms with Gasteiger partial charge in [-0.3, -0.25) is 9.59 Å². The average Bonchev–Trinajstić information content (AvgIpc) is 2.79. The van der Waals surface area contributed by atoms with Gasteiger partial charge >= 0.3 is 5.97 Å². The van der Waals surface area contributed by atoms with Gasteiger partial charge in [-0.2, -0.15) is 0 Å². The summed E-state index contributed by atoms with van der Waals surface area (Å²) in [6, 6.07) is 18.1. The fraction of sp³-hybridized carbons (Fsp3) is 0.320. The number of carboxylic acids is 1. The van der Waals surface area contributed by atoms with E-state index in [9.17, 15) is 14.4 Å². The van der Waals surface area contributed by atoms with Gasteiger partial charge in [0, 0.05) is 36.8 Å². The van der Waals surface area contributed by atoms with E-state index >= 15 is 0 Å². The van der Waals surface area contributed by atoms with Gasteiger partial charge in [-0.1, -0.05) is 36.4 Å². The number of fused-ring (bicyclic) bond motifs is 5. The van der Waals surface area contributed by atoms with Crippen molar-refractivity contribution in [3.63, 3.8) is 0 Å². The van der Waals surface area contributed by atoms with Crippen molar-refractivity contribution in [3.05, 3.63) is 70.6 Å². The van der Waals surface area contributed by atoms with Crippen molar-refractivity contribution in [2.45, 2.75) is 18.9 Å². The van der Waals surface area contributed by atoms with E-state index in [4.69, 9.17) is 9.84 Å². The molecule has 3 heterocycles. The minimum absolute atomic E-state index is 0.0112. The molecule has 5 rings (SSSR count). The normalized spacial score (nSPS) is 19.6. The molecule has 1 fully saturated rings. The Morgan fingerprint density at radius 2 is 1.78 bits per heavy atom. The molecule has 2 aromatic carbocycles. The smallest absolute Gasteiger partial charge is 0.329 e. The van der Waals surface area contributed by atoms with Gasteiger partial charge in [0.1, 0.15) is 13.2 Å². The Kier molecular flexibility index (Phi) is 5.27. The average molecular weight is 432 g/mol. The number of aliphatic carboxylic acids is 1. The van der Waals surface area contributed by atoms with Crippen LogP contribution in [0.1, 0.15) is 18.0 Å². The Labute approximate surface area is 184 Å². The van der Waals surface area contributed by atoms with E-state index in [-0.39, 0.29) is 29.9 Å². The molecule has 1 amide bonds. The van der Waals surface area contributed by atoms with Crippen LogP contribution in [-0.2, 0) is 20.9 Å². The second-order valence-electron chi connectivity index (χ2n) is 8.63. The number of piperidine rings is 1. The predicted octanol–water partition coefficient (Wildman–Crippen LogP) is 2.72. The van der Waals surface area contributed by atoms with E-state index in [1.807, 2.05) is 47.0 Å². The number of aromatic nitrogens is 1. The van der Waals surface area contributed by atoms with Crippen LogP contribution in [0.15, 0.2) is 59.4 Å². The molecule has 2 aliphatic heterocycles. The van der Waals surface area contributed by atoms with Crippen molar-refractivity contribution in [2.75, 3.05) is 26.3 Å². The number of carbonyl (C=O) groups is 2. The molecule has 1 N–H and O–H groups in total. The number of rotatable bonds is 5. The number of ether oxygens (including phenoxy) is 1. The Bertz CT molecular complexity index is 1260. The molecule has 1 saturated heterocycles. The third kappa shape index (κ3) is 3.80. The molecule has 7 nitrogen and oxygen atoms in total. The SMILES string of the molecule is O=C(O)COCC(=O)N1C[C@@H]2C[C@H](C1)c1ccc(-c3ccc4ccccc4c3)c(=O)n1C2. The van der Waals surface area contributed by atoms with Crippen LogP contribution >= 0.6 is 0 Å². The number of amides is 1. The van der Waals surface area contributed by atoms with Crippen LogP contribution in [0, 0.1) is 5.92 Å². The van der Waals surface area contributed by atoms with Crippen LogP contribution in [0.25, 0.3) is 21.9 Å². The summed E-state index contributed by atoms with van der Waals surface area (Å²) < 4.78 is 6.85. The lowest BCUT2D eigenvalue weighted by atomic mass is 9.82. The van der Waals surface area contributed by atoms with Crippen LogP contribution in [-0.4, -0.2) is 52.8 Å². The van der Waals surface area contributed by atoms with Gasteiger partial charge in [-0.15, -0.1) is 0 Å². The number of nitrogens with zero attached hydrogens (tertiary/aromatic N) is 2. The molecule has 0 saturated carbocycles. The van der Waals surface area contributed by atoms with E-state index in [1.165, 1.54) is 0 Å². The molecule has 7 heteroatoms. The van der Waals surface area contributed by atoms with Crippen LogP contribution < -0.4 is 5.56 Å². The summed E-state index contributed by atoms with van der Waals surface area (Å²) in [6.07, 6.45) is 0.939. The van der Waals surface area contributed by atoms with E-state index in [0.717, 1.165) is 28.5 Å². The largest absolute Gasteiger partial charge is 0.480 e. The Hall–Kier alpha value is -3.45. The molecule has 164 valence electrons. The van der Waals surface area contributed by atoms with Gasteiger partial charge in [0.15, 0.2) is 0 Å². The van der Waals surface area contributed by atoms with Crippen LogP contribution in [0.5, 0.6) is 0 Å². The highest BCUT2D eigenvalue weighted by Gasteiger charge is 2.36. The highest BCUT2D eigenvalue weighted by atomic mass is 16.5. The van der Waals surface area contributed by atoms with E-state index in [2.05, 4.69) is 12.1 Å². The standard InChI is InChI=1S/C25H24N2O5/c28-23(14-32-15-24(29)30)26-11-16-9-20(13-26)22-8-7-21(25(31)27(22)12-16)19-6-5-17-3-1-2-4-18(17)10-19/h1-8,10,16,20H,9,11-15H2,(H,29,30)/t16-,20+/m0/s1. The first kappa shape index (κ1) is 20.5. The Balaban J connectivity index is 1.40. The molecule has 1 aromatic heterocycles. The summed E-state index contributed by atoms with van der Waals surface area (Å²) in [5.74, 6) is -1.02. The number of carboxylic acid groups (broad SMARTS) is 1. The highest BCUT2D eigenvalue weighted by Crippen LogP contribution is 2.36. The molecule has 0 radical (unpaired) electrons. The maximum Gasteiger partial charge on any atom is 0.329 e. The van der Waals surface area contributed by atoms with Gasteiger partial charge in [0.25, 0.3) is 5.56 Å². The van der Waals surface area contributed by atoms with Gasteiger partial charge in [-0.05, 0) is 46.9 Å². The maximum absolute atomic E-state index is 13.4. The molecule has 2 atom stereocenters. The predicted molar refractivity (Wildman–Crippen MR) is 120 cm³/mol. The second kappa shape index (κ2) is 8.24. The van der Waals surface area contributed by atoms with E-state index in [1.54, 1.807) is 4.90 Å². The second-order valence-corrected chi connectivity index (χ2v) is 8.63. The molecule has 2 bridgehead atoms. The van der Waals surface area contributed by atoms with Gasteiger partial charge in [-0.25, -0.2) is 4.79 Å². The maximum atomic E-state index is 13.4. The van der Waals surface area contributed by atoms with Crippen molar-refractivity contribution < 1.29 is 19.4 Å². The summed E-state index contributed by atoms with van der Waals surface area (Å²) in [5, 5.41) is 10.9. The molecular weight excluding hydrogens is 408 g/mol. The Morgan fingerprint density at radius 3 is 2.59 bits per heavy atom. The highest BCUT2D eigenvalue weighted by molar-refractivity contribution is 5.87. The number of hydrogen-bond donors (Lipinski definition) is 1. The third-order valence-electron chi connectivity index (χ3n) is 6.47. The zero-order chi connectivity index (χ0) is 22.2. The summed E-state index contributed by atoms with van der Waals surface area (Å²) in [5.41, 5.74) is 2.57. The zero-order valence-electron chi connectivity index (χ0n) is 17.6. The van der Waals surface area contributed by atoms with Crippen molar-refractivity contribution >= 4 is 22.6 Å². The minimum atomic E-state index is -1.09. The van der Waals surface area contributed by atoms with Crippen LogP contribution in [0.2, 0.25) is 0 Å². The summed E-state index contributed by atoms with van der Waals surface area (Å²) in [6.45, 7) is 0.923. The summed E-state index contributed by atoms with van der Waals surface area (Å²) >= 11 is 0. The fourth-order valence-electron chi connectivity index (χ4n) is 5.04. The molecule has 0 aliphatic carbocycles. The van der Waals surface area contributed by atoms with Crippen LogP contribution in [0.3, 0.4) is 0 Å². The number of likely N-dealkylation sites (tertiary alicyclic amines) is 1. The van der Waals surface area contributed by atoms with Crippen molar-refractivity contribution in [1.82, 2.24) is 9.47 Å². The first-order chi connectivity index (χ1) is 15.5. The lowest BCUT2D eigenvalue weighted by Crippen LogP contribution is -2.50.